The summed E-state index contributed by atoms with van der Waals surface area (Å²) in [6, 6.07) is 2.12. The summed E-state index contributed by atoms with van der Waals surface area (Å²) in [7, 11) is 0. The molecule has 27 heavy (non-hydrogen) atoms. The van der Waals surface area contributed by atoms with Gasteiger partial charge in [-0.2, -0.15) is 5.10 Å². The minimum atomic E-state index is -0.310. The number of rotatable bonds is 6. The van der Waals surface area contributed by atoms with Gasteiger partial charge in [0.05, 0.1) is 6.20 Å². The maximum absolute atomic E-state index is 11.7. The van der Waals surface area contributed by atoms with Gasteiger partial charge in [-0.3, -0.25) is 9.78 Å². The summed E-state index contributed by atoms with van der Waals surface area (Å²) in [6.45, 7) is 11.1. The average Bonchev–Trinajstić information content (AvgIpc) is 3.02. The Kier molecular flexibility index (Phi) is 5.26. The Morgan fingerprint density at radius 3 is 2.56 bits per heavy atom. The van der Waals surface area contributed by atoms with Gasteiger partial charge in [-0.25, -0.2) is 9.67 Å². The highest BCUT2D eigenvalue weighted by molar-refractivity contribution is 5.95. The van der Waals surface area contributed by atoms with Gasteiger partial charge in [0.1, 0.15) is 0 Å². The highest BCUT2D eigenvalue weighted by Crippen LogP contribution is 2.40. The first kappa shape index (κ1) is 19.0. The fourth-order valence-electron chi connectivity index (χ4n) is 3.70. The largest absolute Gasteiger partial charge is 0.370 e. The highest BCUT2D eigenvalue weighted by Gasteiger charge is 2.25. The summed E-state index contributed by atoms with van der Waals surface area (Å²) in [6.07, 6.45) is 5.86. The van der Waals surface area contributed by atoms with E-state index in [-0.39, 0.29) is 24.2 Å². The van der Waals surface area contributed by atoms with E-state index in [1.54, 1.807) is 0 Å². The molecule has 3 rings (SSSR count). The molecule has 0 aliphatic heterocycles. The number of carbonyl (C=O) groups excluding carboxylic acids is 1. The summed E-state index contributed by atoms with van der Waals surface area (Å²) in [5.74, 6) is -0.149. The molecule has 0 fully saturated rings. The fraction of sp³-hybridized carbons (Fsp3) is 0.429. The number of hydrogen-bond acceptors (Lipinski definition) is 4. The standard InChI is InChI=1S/C21H27N5O/c1-6-26-21-16(11-24-26)19(15-7-13(4)9-23-10-15)18(14(5)8-17(22)27)20(25-21)12(2)3/h7,9-12,14H,6,8H2,1-5H3,(H2,22,27). The Morgan fingerprint density at radius 2 is 1.96 bits per heavy atom. The van der Waals surface area contributed by atoms with E-state index in [4.69, 9.17) is 10.7 Å². The van der Waals surface area contributed by atoms with E-state index in [9.17, 15) is 4.79 Å². The number of fused-ring (bicyclic) bond motifs is 1. The number of nitrogens with two attached hydrogens (primary N) is 1. The maximum atomic E-state index is 11.7. The zero-order chi connectivity index (χ0) is 19.7. The first-order valence-corrected chi connectivity index (χ1v) is 9.43. The summed E-state index contributed by atoms with van der Waals surface area (Å²) in [4.78, 5) is 21.0. The van der Waals surface area contributed by atoms with Crippen LogP contribution in [0.5, 0.6) is 0 Å². The van der Waals surface area contributed by atoms with Gasteiger partial charge >= 0.3 is 0 Å². The third-order valence-corrected chi connectivity index (χ3v) is 4.86. The van der Waals surface area contributed by atoms with Crippen molar-refractivity contribution in [1.29, 1.82) is 0 Å². The molecule has 0 aliphatic carbocycles. The molecule has 1 unspecified atom stereocenters. The van der Waals surface area contributed by atoms with Gasteiger partial charge < -0.3 is 5.73 Å². The first-order valence-electron chi connectivity index (χ1n) is 9.43. The fourth-order valence-corrected chi connectivity index (χ4v) is 3.70. The van der Waals surface area contributed by atoms with E-state index in [1.807, 2.05) is 37.1 Å². The third-order valence-electron chi connectivity index (χ3n) is 4.86. The molecule has 0 radical (unpaired) electrons. The van der Waals surface area contributed by atoms with Gasteiger partial charge in [0.15, 0.2) is 5.65 Å². The van der Waals surface area contributed by atoms with Crippen LogP contribution < -0.4 is 5.73 Å². The average molecular weight is 365 g/mol. The minimum absolute atomic E-state index is 0.0442. The van der Waals surface area contributed by atoms with Crippen LogP contribution in [0.4, 0.5) is 0 Å². The van der Waals surface area contributed by atoms with Crippen LogP contribution in [-0.4, -0.2) is 25.7 Å². The zero-order valence-corrected chi connectivity index (χ0v) is 16.7. The van der Waals surface area contributed by atoms with E-state index in [2.05, 4.69) is 36.9 Å². The molecule has 0 aromatic carbocycles. The smallest absolute Gasteiger partial charge is 0.218 e. The molecule has 1 atom stereocenters. The molecular weight excluding hydrogens is 338 g/mol. The Bertz CT molecular complexity index is 990. The van der Waals surface area contributed by atoms with Crippen molar-refractivity contribution in [3.05, 3.63) is 41.5 Å². The number of nitrogens with zero attached hydrogens (tertiary/aromatic N) is 4. The van der Waals surface area contributed by atoms with Crippen molar-refractivity contribution in [3.63, 3.8) is 0 Å². The summed E-state index contributed by atoms with van der Waals surface area (Å²) in [5, 5.41) is 5.51. The van der Waals surface area contributed by atoms with Gasteiger partial charge in [0.25, 0.3) is 0 Å². The summed E-state index contributed by atoms with van der Waals surface area (Å²) >= 11 is 0. The van der Waals surface area contributed by atoms with E-state index >= 15 is 0 Å². The minimum Gasteiger partial charge on any atom is -0.370 e. The van der Waals surface area contributed by atoms with Crippen LogP contribution in [-0.2, 0) is 11.3 Å². The van der Waals surface area contributed by atoms with E-state index in [0.717, 1.165) is 45.5 Å². The number of primary amides is 1. The SMILES string of the molecule is CCn1ncc2c(-c3cncc(C)c3)c(C(C)CC(N)=O)c(C(C)C)nc21. The Morgan fingerprint density at radius 1 is 1.22 bits per heavy atom. The van der Waals surface area contributed by atoms with Crippen LogP contribution in [0, 0.1) is 6.92 Å². The topological polar surface area (TPSA) is 86.7 Å². The van der Waals surface area contributed by atoms with Crippen molar-refractivity contribution in [1.82, 2.24) is 19.7 Å². The van der Waals surface area contributed by atoms with Gasteiger partial charge in [-0.05, 0) is 42.9 Å². The Labute approximate surface area is 159 Å². The van der Waals surface area contributed by atoms with Crippen LogP contribution in [0.1, 0.15) is 62.8 Å². The predicted molar refractivity (Wildman–Crippen MR) is 107 cm³/mol. The number of amides is 1. The normalized spacial score (nSPS) is 12.7. The van der Waals surface area contributed by atoms with Gasteiger partial charge in [0, 0.05) is 47.6 Å². The number of aryl methyl sites for hydroxylation is 2. The number of pyridine rings is 2. The predicted octanol–water partition coefficient (Wildman–Crippen LogP) is 3.92. The lowest BCUT2D eigenvalue weighted by Gasteiger charge is -2.22. The quantitative estimate of drug-likeness (QED) is 0.717. The number of carbonyl (C=O) groups is 1. The molecule has 3 aromatic rings. The van der Waals surface area contributed by atoms with Gasteiger partial charge in [-0.15, -0.1) is 0 Å². The molecule has 6 heteroatoms. The Balaban J connectivity index is 2.43. The van der Waals surface area contributed by atoms with Crippen molar-refractivity contribution in [2.45, 2.75) is 59.4 Å². The van der Waals surface area contributed by atoms with E-state index in [0.29, 0.717) is 0 Å². The molecule has 1 amide bonds. The third kappa shape index (κ3) is 3.56. The molecule has 0 bridgehead atoms. The second kappa shape index (κ2) is 7.47. The van der Waals surface area contributed by atoms with E-state index < -0.39 is 0 Å². The van der Waals surface area contributed by atoms with Crippen molar-refractivity contribution < 1.29 is 4.79 Å². The molecular formula is C21H27N5O. The lowest BCUT2D eigenvalue weighted by molar-refractivity contribution is -0.118. The molecule has 0 saturated heterocycles. The van der Waals surface area contributed by atoms with Crippen LogP contribution >= 0.6 is 0 Å². The second-order valence-corrected chi connectivity index (χ2v) is 7.46. The molecule has 0 spiro atoms. The van der Waals surface area contributed by atoms with Crippen molar-refractivity contribution in [2.24, 2.45) is 5.73 Å². The summed E-state index contributed by atoms with van der Waals surface area (Å²) < 4.78 is 1.91. The molecule has 3 aromatic heterocycles. The van der Waals surface area contributed by atoms with E-state index in [1.165, 1.54) is 0 Å². The van der Waals surface area contributed by atoms with Crippen LogP contribution in [0.2, 0.25) is 0 Å². The summed E-state index contributed by atoms with van der Waals surface area (Å²) in [5.41, 5.74) is 11.6. The van der Waals surface area contributed by atoms with Gasteiger partial charge in [0.2, 0.25) is 5.91 Å². The van der Waals surface area contributed by atoms with Crippen molar-refractivity contribution >= 4 is 16.9 Å². The van der Waals surface area contributed by atoms with Crippen LogP contribution in [0.15, 0.2) is 24.7 Å². The zero-order valence-electron chi connectivity index (χ0n) is 16.7. The van der Waals surface area contributed by atoms with Crippen molar-refractivity contribution in [3.8, 4) is 11.1 Å². The molecule has 2 N–H and O–H groups in total. The number of aromatic nitrogens is 4. The second-order valence-electron chi connectivity index (χ2n) is 7.46. The maximum Gasteiger partial charge on any atom is 0.218 e. The van der Waals surface area contributed by atoms with Gasteiger partial charge in [-0.1, -0.05) is 20.8 Å². The first-order chi connectivity index (χ1) is 12.8. The monoisotopic (exact) mass is 365 g/mol. The van der Waals surface area contributed by atoms with Crippen LogP contribution in [0.25, 0.3) is 22.2 Å². The Hall–Kier alpha value is -2.76. The highest BCUT2D eigenvalue weighted by atomic mass is 16.1. The van der Waals surface area contributed by atoms with Crippen LogP contribution in [0.3, 0.4) is 0 Å². The molecule has 6 nitrogen and oxygen atoms in total. The molecule has 0 aliphatic rings. The molecule has 0 saturated carbocycles. The van der Waals surface area contributed by atoms with Crippen molar-refractivity contribution in [2.75, 3.05) is 0 Å². The lowest BCUT2D eigenvalue weighted by Crippen LogP contribution is -2.16. The lowest BCUT2D eigenvalue weighted by atomic mass is 9.84. The molecule has 3 heterocycles. The molecule has 142 valence electrons. The number of hydrogen-bond donors (Lipinski definition) is 1.